The van der Waals surface area contributed by atoms with Crippen molar-refractivity contribution in [3.8, 4) is 0 Å². The third-order valence-corrected chi connectivity index (χ3v) is 4.99. The third kappa shape index (κ3) is 2.81. The van der Waals surface area contributed by atoms with Crippen molar-refractivity contribution in [2.75, 3.05) is 26.2 Å². The number of hydrogen-bond acceptors (Lipinski definition) is 3. The van der Waals surface area contributed by atoms with Gasteiger partial charge in [-0.3, -0.25) is 9.69 Å². The molecule has 1 aliphatic heterocycles. The molecular weight excluding hydrogens is 287 g/mol. The van der Waals surface area contributed by atoms with Crippen molar-refractivity contribution in [1.29, 1.82) is 0 Å². The molecule has 0 aromatic heterocycles. The molecule has 0 N–H and O–H groups in total. The molecule has 1 saturated heterocycles. The number of piperazine rings is 1. The normalized spacial score (nSPS) is 22.9. The highest BCUT2D eigenvalue weighted by molar-refractivity contribution is 7.80. The molecule has 21 heavy (non-hydrogen) atoms. The van der Waals surface area contributed by atoms with Crippen LogP contribution in [-0.4, -0.2) is 47.3 Å². The number of amides is 1. The van der Waals surface area contributed by atoms with Crippen LogP contribution in [0.25, 0.3) is 0 Å². The van der Waals surface area contributed by atoms with Crippen LogP contribution in [0, 0.1) is 5.82 Å². The fourth-order valence-corrected chi connectivity index (χ4v) is 3.37. The van der Waals surface area contributed by atoms with Crippen LogP contribution in [0.15, 0.2) is 24.3 Å². The number of nitrogens with zero attached hydrogens (tertiary/aromatic N) is 2. The van der Waals surface area contributed by atoms with Crippen molar-refractivity contribution in [1.82, 2.24) is 9.80 Å². The maximum absolute atomic E-state index is 13.4. The molecule has 2 fully saturated rings. The Morgan fingerprint density at radius 3 is 2.48 bits per heavy atom. The first-order chi connectivity index (χ1) is 10.0. The summed E-state index contributed by atoms with van der Waals surface area (Å²) in [5.74, 6) is -0.0974. The minimum atomic E-state index is -0.461. The molecule has 2 aliphatic rings. The maximum atomic E-state index is 13.4. The van der Waals surface area contributed by atoms with Crippen LogP contribution in [-0.2, 0) is 10.2 Å². The lowest BCUT2D eigenvalue weighted by Crippen LogP contribution is -2.52. The summed E-state index contributed by atoms with van der Waals surface area (Å²) in [6.45, 7) is 5.24. The Hall–Kier alpha value is -1.07. The van der Waals surface area contributed by atoms with Gasteiger partial charge in [-0.2, -0.15) is 12.6 Å². The van der Waals surface area contributed by atoms with E-state index in [2.05, 4.69) is 24.5 Å². The van der Waals surface area contributed by atoms with Gasteiger partial charge in [0, 0.05) is 26.2 Å². The van der Waals surface area contributed by atoms with E-state index in [1.807, 2.05) is 11.0 Å². The Kier molecular flexibility index (Phi) is 3.97. The molecule has 3 rings (SSSR count). The standard InChI is InChI=1S/C16H21FN2OS/c1-12(21)18-7-9-19(10-8-18)15(20)16(5-6-16)13-3-2-4-14(17)11-13/h2-4,11-12,21H,5-10H2,1H3. The van der Waals surface area contributed by atoms with Crippen LogP contribution in [0.3, 0.4) is 0 Å². The molecule has 1 aromatic carbocycles. The number of benzene rings is 1. The predicted molar refractivity (Wildman–Crippen MR) is 83.9 cm³/mol. The summed E-state index contributed by atoms with van der Waals surface area (Å²) in [5.41, 5.74) is 0.370. The summed E-state index contributed by atoms with van der Waals surface area (Å²) in [4.78, 5) is 17.0. The fraction of sp³-hybridized carbons (Fsp3) is 0.562. The van der Waals surface area contributed by atoms with E-state index in [1.54, 1.807) is 6.07 Å². The van der Waals surface area contributed by atoms with E-state index >= 15 is 0 Å². The predicted octanol–water partition coefficient (Wildman–Crippen LogP) is 2.28. The van der Waals surface area contributed by atoms with Crippen molar-refractivity contribution >= 4 is 18.5 Å². The number of thiol groups is 1. The summed E-state index contributed by atoms with van der Waals surface area (Å²) in [5, 5.41) is 0.223. The van der Waals surface area contributed by atoms with Gasteiger partial charge in [0.1, 0.15) is 5.82 Å². The molecule has 1 aromatic rings. The number of rotatable bonds is 3. The molecule has 1 saturated carbocycles. The van der Waals surface area contributed by atoms with Gasteiger partial charge in [-0.15, -0.1) is 0 Å². The molecule has 1 heterocycles. The summed E-state index contributed by atoms with van der Waals surface area (Å²) in [7, 11) is 0. The molecule has 3 nitrogen and oxygen atoms in total. The lowest BCUT2D eigenvalue weighted by molar-refractivity contribution is -0.135. The summed E-state index contributed by atoms with van der Waals surface area (Å²) in [6.07, 6.45) is 1.66. The lowest BCUT2D eigenvalue weighted by Gasteiger charge is -2.38. The van der Waals surface area contributed by atoms with E-state index in [0.717, 1.165) is 44.6 Å². The molecule has 1 unspecified atom stereocenters. The first-order valence-electron chi connectivity index (χ1n) is 7.50. The van der Waals surface area contributed by atoms with Crippen LogP contribution < -0.4 is 0 Å². The smallest absolute Gasteiger partial charge is 0.233 e. The van der Waals surface area contributed by atoms with Crippen LogP contribution in [0.5, 0.6) is 0 Å². The molecule has 5 heteroatoms. The number of carbonyl (C=O) groups is 1. The Balaban J connectivity index is 1.71. The second-order valence-electron chi connectivity index (χ2n) is 6.05. The average Bonchev–Trinajstić information content (AvgIpc) is 3.28. The molecular formula is C16H21FN2OS. The molecule has 1 atom stereocenters. The molecule has 0 bridgehead atoms. The second-order valence-corrected chi connectivity index (χ2v) is 6.80. The van der Waals surface area contributed by atoms with Gasteiger partial charge in [0.05, 0.1) is 10.8 Å². The fourth-order valence-electron chi connectivity index (χ4n) is 3.14. The average molecular weight is 308 g/mol. The van der Waals surface area contributed by atoms with Gasteiger partial charge in [-0.1, -0.05) is 12.1 Å². The number of hydrogen-bond donors (Lipinski definition) is 1. The quantitative estimate of drug-likeness (QED) is 0.866. The zero-order chi connectivity index (χ0) is 15.0. The Labute approximate surface area is 130 Å². The SMILES string of the molecule is CC(S)N1CCN(C(=O)C2(c3cccc(F)c3)CC2)CC1. The van der Waals surface area contributed by atoms with Crippen molar-refractivity contribution in [2.24, 2.45) is 0 Å². The van der Waals surface area contributed by atoms with Crippen LogP contribution in [0.2, 0.25) is 0 Å². The molecule has 1 aliphatic carbocycles. The van der Waals surface area contributed by atoms with Gasteiger partial charge in [-0.05, 0) is 37.5 Å². The summed E-state index contributed by atoms with van der Waals surface area (Å²) >= 11 is 4.44. The van der Waals surface area contributed by atoms with Gasteiger partial charge in [0.2, 0.25) is 5.91 Å². The van der Waals surface area contributed by atoms with Crippen LogP contribution in [0.4, 0.5) is 4.39 Å². The third-order valence-electron chi connectivity index (χ3n) is 4.67. The van der Waals surface area contributed by atoms with Crippen molar-refractivity contribution < 1.29 is 9.18 Å². The van der Waals surface area contributed by atoms with Crippen molar-refractivity contribution in [2.45, 2.75) is 30.6 Å². The topological polar surface area (TPSA) is 23.6 Å². The van der Waals surface area contributed by atoms with Gasteiger partial charge >= 0.3 is 0 Å². The van der Waals surface area contributed by atoms with Gasteiger partial charge < -0.3 is 4.90 Å². The Morgan fingerprint density at radius 1 is 1.29 bits per heavy atom. The lowest BCUT2D eigenvalue weighted by atomic mass is 9.94. The highest BCUT2D eigenvalue weighted by atomic mass is 32.1. The van der Waals surface area contributed by atoms with Crippen LogP contribution >= 0.6 is 12.6 Å². The summed E-state index contributed by atoms with van der Waals surface area (Å²) < 4.78 is 13.4. The second kappa shape index (κ2) is 5.61. The molecule has 0 radical (unpaired) electrons. The molecule has 1 amide bonds. The van der Waals surface area contributed by atoms with Crippen molar-refractivity contribution in [3.05, 3.63) is 35.6 Å². The van der Waals surface area contributed by atoms with E-state index in [-0.39, 0.29) is 17.1 Å². The Bertz CT molecular complexity index is 537. The Morgan fingerprint density at radius 2 is 1.95 bits per heavy atom. The largest absolute Gasteiger partial charge is 0.339 e. The van der Waals surface area contributed by atoms with Gasteiger partial charge in [-0.25, -0.2) is 4.39 Å². The summed E-state index contributed by atoms with van der Waals surface area (Å²) in [6, 6.07) is 6.51. The minimum Gasteiger partial charge on any atom is -0.339 e. The van der Waals surface area contributed by atoms with E-state index < -0.39 is 5.41 Å². The van der Waals surface area contributed by atoms with Gasteiger partial charge in [0.25, 0.3) is 0 Å². The highest BCUT2D eigenvalue weighted by Gasteiger charge is 2.53. The first kappa shape index (κ1) is 14.9. The number of carbonyl (C=O) groups excluding carboxylic acids is 1. The van der Waals surface area contributed by atoms with E-state index in [1.165, 1.54) is 12.1 Å². The van der Waals surface area contributed by atoms with Crippen LogP contribution in [0.1, 0.15) is 25.3 Å². The minimum absolute atomic E-state index is 0.166. The monoisotopic (exact) mass is 308 g/mol. The number of halogens is 1. The van der Waals surface area contributed by atoms with Crippen molar-refractivity contribution in [3.63, 3.8) is 0 Å². The molecule has 114 valence electrons. The van der Waals surface area contributed by atoms with E-state index in [4.69, 9.17) is 0 Å². The first-order valence-corrected chi connectivity index (χ1v) is 8.02. The maximum Gasteiger partial charge on any atom is 0.233 e. The van der Waals surface area contributed by atoms with E-state index in [0.29, 0.717) is 0 Å². The zero-order valence-corrected chi connectivity index (χ0v) is 13.2. The zero-order valence-electron chi connectivity index (χ0n) is 12.3. The van der Waals surface area contributed by atoms with E-state index in [9.17, 15) is 9.18 Å². The molecule has 0 spiro atoms. The highest BCUT2D eigenvalue weighted by Crippen LogP contribution is 2.49. The van der Waals surface area contributed by atoms with Gasteiger partial charge in [0.15, 0.2) is 0 Å².